The Hall–Kier alpha value is -1.55. The van der Waals surface area contributed by atoms with Crippen LogP contribution in [-0.2, 0) is 4.79 Å². The molecular formula is C17H25NO3. The molecule has 0 heterocycles. The molecular weight excluding hydrogens is 266 g/mol. The molecule has 2 N–H and O–H groups in total. The van der Waals surface area contributed by atoms with Gasteiger partial charge in [-0.1, -0.05) is 31.4 Å². The van der Waals surface area contributed by atoms with Crippen LogP contribution in [0.4, 0.5) is 0 Å². The zero-order valence-corrected chi connectivity index (χ0v) is 12.7. The van der Waals surface area contributed by atoms with Crippen LogP contribution in [-0.4, -0.2) is 29.8 Å². The Morgan fingerprint density at radius 3 is 2.95 bits per heavy atom. The van der Waals surface area contributed by atoms with Crippen LogP contribution in [0.5, 0.6) is 5.75 Å². The molecule has 0 radical (unpaired) electrons. The molecule has 0 saturated heterocycles. The van der Waals surface area contributed by atoms with Gasteiger partial charge >= 0.3 is 0 Å². The van der Waals surface area contributed by atoms with Crippen LogP contribution in [0.15, 0.2) is 24.3 Å². The summed E-state index contributed by atoms with van der Waals surface area (Å²) in [5.74, 6) is 0.742. The maximum absolute atomic E-state index is 11.9. The molecule has 0 aliphatic heterocycles. The first-order valence-electron chi connectivity index (χ1n) is 7.82. The van der Waals surface area contributed by atoms with Crippen molar-refractivity contribution in [2.45, 2.75) is 57.6 Å². The number of carbonyl (C=O) groups excluding carboxylic acids is 1. The van der Waals surface area contributed by atoms with E-state index in [2.05, 4.69) is 5.32 Å². The lowest BCUT2D eigenvalue weighted by Crippen LogP contribution is -2.43. The van der Waals surface area contributed by atoms with Crippen molar-refractivity contribution < 1.29 is 14.6 Å². The maximum atomic E-state index is 11.9. The third-order valence-corrected chi connectivity index (χ3v) is 3.91. The molecule has 1 fully saturated rings. The van der Waals surface area contributed by atoms with Crippen molar-refractivity contribution in [2.24, 2.45) is 0 Å². The zero-order chi connectivity index (χ0) is 15.1. The van der Waals surface area contributed by atoms with E-state index in [1.165, 1.54) is 0 Å². The minimum absolute atomic E-state index is 0.0476. The summed E-state index contributed by atoms with van der Waals surface area (Å²) < 4.78 is 5.57. The predicted molar refractivity (Wildman–Crippen MR) is 82.3 cm³/mol. The van der Waals surface area contributed by atoms with Gasteiger partial charge in [0.1, 0.15) is 5.75 Å². The number of aryl methyl sites for hydroxylation is 1. The molecule has 0 spiro atoms. The third-order valence-electron chi connectivity index (χ3n) is 3.91. The highest BCUT2D eigenvalue weighted by Crippen LogP contribution is 2.18. The SMILES string of the molecule is Cc1cccc(OCCC(=O)NC2CCCCCC2O)c1. The summed E-state index contributed by atoms with van der Waals surface area (Å²) in [6.07, 6.45) is 4.81. The van der Waals surface area contributed by atoms with Crippen molar-refractivity contribution in [3.05, 3.63) is 29.8 Å². The van der Waals surface area contributed by atoms with E-state index in [9.17, 15) is 9.90 Å². The molecule has 1 amide bonds. The number of nitrogens with one attached hydrogen (secondary N) is 1. The molecule has 116 valence electrons. The fourth-order valence-electron chi connectivity index (χ4n) is 2.70. The van der Waals surface area contributed by atoms with Gasteiger partial charge < -0.3 is 15.2 Å². The number of hydrogen-bond donors (Lipinski definition) is 2. The molecule has 1 aromatic carbocycles. The standard InChI is InChI=1S/C17H25NO3/c1-13-6-5-7-14(12-13)21-11-10-17(20)18-15-8-3-2-4-9-16(15)19/h5-7,12,15-16,19H,2-4,8-11H2,1H3,(H,18,20). The van der Waals surface area contributed by atoms with Gasteiger partial charge in [0.25, 0.3) is 0 Å². The second-order valence-corrected chi connectivity index (χ2v) is 5.79. The lowest BCUT2D eigenvalue weighted by molar-refractivity contribution is -0.123. The lowest BCUT2D eigenvalue weighted by atomic mass is 10.1. The predicted octanol–water partition coefficient (Wildman–Crippen LogP) is 2.57. The molecule has 0 bridgehead atoms. The first-order chi connectivity index (χ1) is 10.1. The molecule has 4 nitrogen and oxygen atoms in total. The summed E-state index contributed by atoms with van der Waals surface area (Å²) in [6, 6.07) is 7.69. The molecule has 1 aromatic rings. The van der Waals surface area contributed by atoms with Crippen molar-refractivity contribution in [1.29, 1.82) is 0 Å². The minimum atomic E-state index is -0.408. The van der Waals surface area contributed by atoms with E-state index >= 15 is 0 Å². The number of aliphatic hydroxyl groups excluding tert-OH is 1. The highest BCUT2D eigenvalue weighted by atomic mass is 16.5. The van der Waals surface area contributed by atoms with Gasteiger partial charge in [-0.15, -0.1) is 0 Å². The van der Waals surface area contributed by atoms with Gasteiger partial charge in [-0.05, 0) is 37.5 Å². The second-order valence-electron chi connectivity index (χ2n) is 5.79. The average Bonchev–Trinajstić information content (AvgIpc) is 2.64. The second kappa shape index (κ2) is 8.03. The van der Waals surface area contributed by atoms with Gasteiger partial charge in [0.2, 0.25) is 5.91 Å². The van der Waals surface area contributed by atoms with Gasteiger partial charge in [-0.3, -0.25) is 4.79 Å². The Labute approximate surface area is 126 Å². The van der Waals surface area contributed by atoms with Crippen molar-refractivity contribution in [1.82, 2.24) is 5.32 Å². The van der Waals surface area contributed by atoms with E-state index in [-0.39, 0.29) is 11.9 Å². The number of aliphatic hydroxyl groups is 1. The van der Waals surface area contributed by atoms with Crippen molar-refractivity contribution >= 4 is 5.91 Å². The molecule has 2 rings (SSSR count). The van der Waals surface area contributed by atoms with Crippen LogP contribution in [0.3, 0.4) is 0 Å². The normalized spacial score (nSPS) is 22.4. The van der Waals surface area contributed by atoms with Gasteiger partial charge in [-0.2, -0.15) is 0 Å². The molecule has 2 atom stereocenters. The first-order valence-corrected chi connectivity index (χ1v) is 7.82. The summed E-state index contributed by atoms with van der Waals surface area (Å²) in [5, 5.41) is 12.9. The molecule has 4 heteroatoms. The van der Waals surface area contributed by atoms with Crippen LogP contribution >= 0.6 is 0 Å². The highest BCUT2D eigenvalue weighted by Gasteiger charge is 2.22. The van der Waals surface area contributed by atoms with Crippen LogP contribution in [0.1, 0.15) is 44.1 Å². The highest BCUT2D eigenvalue weighted by molar-refractivity contribution is 5.76. The first kappa shape index (κ1) is 15.8. The van der Waals surface area contributed by atoms with Gasteiger partial charge in [-0.25, -0.2) is 0 Å². The largest absolute Gasteiger partial charge is 0.493 e. The van der Waals surface area contributed by atoms with Gasteiger partial charge in [0.05, 0.1) is 25.2 Å². The van der Waals surface area contributed by atoms with Crippen LogP contribution in [0.25, 0.3) is 0 Å². The lowest BCUT2D eigenvalue weighted by Gasteiger charge is -2.21. The molecule has 2 unspecified atom stereocenters. The Bertz CT molecular complexity index is 461. The maximum Gasteiger partial charge on any atom is 0.223 e. The average molecular weight is 291 g/mol. The van der Waals surface area contributed by atoms with Crippen LogP contribution < -0.4 is 10.1 Å². The summed E-state index contributed by atoms with van der Waals surface area (Å²) in [5.41, 5.74) is 1.14. The summed E-state index contributed by atoms with van der Waals surface area (Å²) >= 11 is 0. The Morgan fingerprint density at radius 2 is 2.14 bits per heavy atom. The van der Waals surface area contributed by atoms with Gasteiger partial charge in [0.15, 0.2) is 0 Å². The number of rotatable bonds is 5. The van der Waals surface area contributed by atoms with E-state index in [0.29, 0.717) is 13.0 Å². The molecule has 1 aliphatic rings. The van der Waals surface area contributed by atoms with E-state index in [0.717, 1.165) is 43.4 Å². The van der Waals surface area contributed by atoms with Crippen LogP contribution in [0, 0.1) is 6.92 Å². The smallest absolute Gasteiger partial charge is 0.223 e. The van der Waals surface area contributed by atoms with Crippen molar-refractivity contribution in [3.63, 3.8) is 0 Å². The number of carbonyl (C=O) groups is 1. The summed E-state index contributed by atoms with van der Waals surface area (Å²) in [4.78, 5) is 11.9. The van der Waals surface area contributed by atoms with Crippen molar-refractivity contribution in [2.75, 3.05) is 6.61 Å². The van der Waals surface area contributed by atoms with Crippen molar-refractivity contribution in [3.8, 4) is 5.75 Å². The van der Waals surface area contributed by atoms with Crippen LogP contribution in [0.2, 0.25) is 0 Å². The van der Waals surface area contributed by atoms with E-state index in [1.807, 2.05) is 31.2 Å². The topological polar surface area (TPSA) is 58.6 Å². The molecule has 0 aromatic heterocycles. The molecule has 1 saturated carbocycles. The summed E-state index contributed by atoms with van der Waals surface area (Å²) in [6.45, 7) is 2.37. The Kier molecular flexibility index (Phi) is 6.05. The van der Waals surface area contributed by atoms with E-state index in [4.69, 9.17) is 4.74 Å². The fraction of sp³-hybridized carbons (Fsp3) is 0.588. The van der Waals surface area contributed by atoms with Gasteiger partial charge in [0, 0.05) is 0 Å². The number of hydrogen-bond acceptors (Lipinski definition) is 3. The fourth-order valence-corrected chi connectivity index (χ4v) is 2.70. The van der Waals surface area contributed by atoms with E-state index < -0.39 is 6.10 Å². The Morgan fingerprint density at radius 1 is 1.33 bits per heavy atom. The van der Waals surface area contributed by atoms with E-state index in [1.54, 1.807) is 0 Å². The quantitative estimate of drug-likeness (QED) is 0.820. The number of ether oxygens (including phenoxy) is 1. The Balaban J connectivity index is 1.71. The number of benzene rings is 1. The molecule has 21 heavy (non-hydrogen) atoms. The third kappa shape index (κ3) is 5.38. The monoisotopic (exact) mass is 291 g/mol. The molecule has 1 aliphatic carbocycles. The minimum Gasteiger partial charge on any atom is -0.493 e. The zero-order valence-electron chi connectivity index (χ0n) is 12.7. The summed E-state index contributed by atoms with van der Waals surface area (Å²) in [7, 11) is 0. The number of amides is 1.